The Morgan fingerprint density at radius 1 is 1.25 bits per heavy atom. The predicted molar refractivity (Wildman–Crippen MR) is 36.4 cm³/mol. The molecule has 2 nitrogen and oxygen atoms in total. The van der Waals surface area contributed by atoms with Crippen molar-refractivity contribution in [2.24, 2.45) is 0 Å². The van der Waals surface area contributed by atoms with Gasteiger partial charge in [-0.15, -0.1) is 0 Å². The van der Waals surface area contributed by atoms with E-state index in [1.54, 1.807) is 0 Å². The van der Waals surface area contributed by atoms with E-state index in [-0.39, 0.29) is 35.0 Å². The van der Waals surface area contributed by atoms with Crippen LogP contribution in [0.4, 0.5) is 0 Å². The van der Waals surface area contributed by atoms with E-state index in [9.17, 15) is 0 Å². The summed E-state index contributed by atoms with van der Waals surface area (Å²) in [4.78, 5) is 0. The number of halogens is 1. The van der Waals surface area contributed by atoms with Crippen molar-refractivity contribution in [1.29, 1.82) is 0 Å². The van der Waals surface area contributed by atoms with Crippen molar-refractivity contribution in [2.75, 3.05) is 27.1 Å². The van der Waals surface area contributed by atoms with Gasteiger partial charge in [0.2, 0.25) is 0 Å². The molecule has 0 rings (SSSR count). The molecule has 0 atom stereocenters. The van der Waals surface area contributed by atoms with Crippen molar-refractivity contribution in [2.45, 2.75) is 0 Å². The maximum atomic E-state index is 5.45. The maximum Gasteiger partial charge on any atom is 0.154 e. The summed E-state index contributed by atoms with van der Waals surface area (Å²) in [6.07, 6.45) is 0. The van der Waals surface area contributed by atoms with Crippen LogP contribution in [0.2, 0.25) is 0 Å². The van der Waals surface area contributed by atoms with Gasteiger partial charge >= 0.3 is 0 Å². The molecule has 0 spiro atoms. The molecular formula is C4H12ClNNaO. The van der Waals surface area contributed by atoms with Crippen LogP contribution in [0.5, 0.6) is 0 Å². The summed E-state index contributed by atoms with van der Waals surface area (Å²) in [6, 6.07) is 0.681. The molecule has 4 heteroatoms. The molecule has 0 aromatic heterocycles. The fourth-order valence-electron chi connectivity index (χ4n) is 0. The molecule has 0 aromatic carbocycles. The predicted octanol–water partition coefficient (Wildman–Crippen LogP) is 0.331. The van der Waals surface area contributed by atoms with Gasteiger partial charge in [0, 0.05) is 29.6 Å². The average molecular weight is 149 g/mol. The van der Waals surface area contributed by atoms with Crippen LogP contribution in [0.15, 0.2) is 0 Å². The van der Waals surface area contributed by atoms with E-state index < -0.39 is 0 Å². The summed E-state index contributed by atoms with van der Waals surface area (Å²) in [6.45, 7) is 0. The minimum Gasteiger partial charge on any atom is -0.870 e. The van der Waals surface area contributed by atoms with Crippen LogP contribution >= 0.6 is 11.6 Å². The Morgan fingerprint density at radius 2 is 1.38 bits per heavy atom. The van der Waals surface area contributed by atoms with Crippen molar-refractivity contribution in [3.05, 3.63) is 0 Å². The van der Waals surface area contributed by atoms with E-state index in [1.807, 2.05) is 21.1 Å². The fourth-order valence-corrected chi connectivity index (χ4v) is 0. The molecule has 0 saturated heterocycles. The van der Waals surface area contributed by atoms with E-state index in [2.05, 4.69) is 0 Å². The first-order valence-corrected chi connectivity index (χ1v) is 2.46. The van der Waals surface area contributed by atoms with Crippen LogP contribution in [0.25, 0.3) is 0 Å². The van der Waals surface area contributed by atoms with Crippen molar-refractivity contribution in [3.8, 4) is 0 Å². The minimum absolute atomic E-state index is 0. The third kappa shape index (κ3) is 15.7. The van der Waals surface area contributed by atoms with Gasteiger partial charge < -0.3 is 9.96 Å². The second-order valence-electron chi connectivity index (χ2n) is 2.41. The first-order chi connectivity index (χ1) is 2.56. The van der Waals surface area contributed by atoms with Gasteiger partial charge in [0.1, 0.15) is 0 Å². The van der Waals surface area contributed by atoms with Gasteiger partial charge in [0.15, 0.2) is 6.00 Å². The van der Waals surface area contributed by atoms with Crippen molar-refractivity contribution < 1.29 is 9.96 Å². The van der Waals surface area contributed by atoms with Crippen LogP contribution < -0.4 is 0 Å². The van der Waals surface area contributed by atoms with Crippen molar-refractivity contribution in [1.82, 2.24) is 0 Å². The molecule has 47 valence electrons. The number of nitrogens with zero attached hydrogens (tertiary/aromatic N) is 1. The Morgan fingerprint density at radius 3 is 1.38 bits per heavy atom. The number of rotatable bonds is 1. The third-order valence-electron chi connectivity index (χ3n) is 0.359. The fraction of sp³-hybridized carbons (Fsp3) is 1.00. The molecule has 0 fully saturated rings. The normalized spacial score (nSPS) is 9.00. The molecule has 1 N–H and O–H groups in total. The third-order valence-corrected chi connectivity index (χ3v) is 1.08. The van der Waals surface area contributed by atoms with E-state index in [4.69, 9.17) is 11.6 Å². The summed E-state index contributed by atoms with van der Waals surface area (Å²) in [5.74, 6) is 0. The van der Waals surface area contributed by atoms with Crippen LogP contribution in [-0.2, 0) is 0 Å². The van der Waals surface area contributed by atoms with Gasteiger partial charge in [-0.1, -0.05) is 11.6 Å². The topological polar surface area (TPSA) is 30.0 Å². The Balaban J connectivity index is -0.000000125. The van der Waals surface area contributed by atoms with E-state index in [0.717, 1.165) is 4.48 Å². The van der Waals surface area contributed by atoms with Gasteiger partial charge in [0.05, 0.1) is 21.1 Å². The summed E-state index contributed by atoms with van der Waals surface area (Å²) in [5.41, 5.74) is 0. The first-order valence-electron chi connectivity index (χ1n) is 1.93. The van der Waals surface area contributed by atoms with Crippen LogP contribution in [-0.4, -0.2) is 66.7 Å². The van der Waals surface area contributed by atoms with Gasteiger partial charge in [-0.25, -0.2) is 0 Å². The Kier molecular flexibility index (Phi) is 12.7. The average Bonchev–Trinajstić information content (AvgIpc) is 1.35. The molecule has 8 heavy (non-hydrogen) atoms. The second-order valence-corrected chi connectivity index (χ2v) is 2.65. The number of hydrogen-bond acceptors (Lipinski definition) is 1. The van der Waals surface area contributed by atoms with E-state index >= 15 is 0 Å². The number of alkyl halides is 1. The number of quaternary nitrogens is 1. The standard InChI is InChI=1S/C4H11ClN.Na.H2O/c1-6(2,3)4-5;;/h4H2,1-3H3;;1H2/q+1;;/p-1. The zero-order valence-corrected chi connectivity index (χ0v) is 8.74. The van der Waals surface area contributed by atoms with Crippen molar-refractivity contribution in [3.63, 3.8) is 0 Å². The van der Waals surface area contributed by atoms with Crippen LogP contribution in [0.3, 0.4) is 0 Å². The summed E-state index contributed by atoms with van der Waals surface area (Å²) in [7, 11) is 6.15. The SMILES string of the molecule is C[N+](C)(C)CCl.[Na].[OH-]. The van der Waals surface area contributed by atoms with Crippen LogP contribution in [0.1, 0.15) is 0 Å². The smallest absolute Gasteiger partial charge is 0.154 e. The molecule has 1 radical (unpaired) electrons. The molecule has 0 aromatic rings. The Labute approximate surface area is 78.0 Å². The minimum atomic E-state index is 0. The second kappa shape index (κ2) is 6.33. The number of hydrogen-bond donors (Lipinski definition) is 0. The summed E-state index contributed by atoms with van der Waals surface area (Å²) >= 11 is 5.45. The van der Waals surface area contributed by atoms with Crippen LogP contribution in [0, 0.1) is 0 Å². The van der Waals surface area contributed by atoms with Gasteiger partial charge in [-0.2, -0.15) is 0 Å². The summed E-state index contributed by atoms with van der Waals surface area (Å²) in [5, 5.41) is 0. The van der Waals surface area contributed by atoms with Gasteiger partial charge in [-0.05, 0) is 0 Å². The molecule has 0 aliphatic heterocycles. The van der Waals surface area contributed by atoms with E-state index in [1.165, 1.54) is 0 Å². The van der Waals surface area contributed by atoms with Gasteiger partial charge in [0.25, 0.3) is 0 Å². The largest absolute Gasteiger partial charge is 0.870 e. The molecule has 0 saturated carbocycles. The van der Waals surface area contributed by atoms with E-state index in [0.29, 0.717) is 6.00 Å². The Hall–Kier alpha value is 1.21. The summed E-state index contributed by atoms with van der Waals surface area (Å²) < 4.78 is 0.835. The molecular weight excluding hydrogens is 136 g/mol. The van der Waals surface area contributed by atoms with Crippen molar-refractivity contribution >= 4 is 41.2 Å². The molecule has 0 unspecified atom stereocenters. The molecule has 0 heterocycles. The molecule has 0 amide bonds. The maximum absolute atomic E-state index is 5.45. The first kappa shape index (κ1) is 16.1. The zero-order valence-electron chi connectivity index (χ0n) is 5.98. The molecule has 0 aliphatic carbocycles. The Bertz CT molecular complexity index is 45.8. The zero-order chi connectivity index (χ0) is 5.21. The quantitative estimate of drug-likeness (QED) is 0.228. The molecule has 0 bridgehead atoms. The molecule has 0 aliphatic rings. The van der Waals surface area contributed by atoms with Gasteiger partial charge in [-0.3, -0.25) is 0 Å². The monoisotopic (exact) mass is 148 g/mol.